The first-order valence-corrected chi connectivity index (χ1v) is 10.6. The number of hydrogen-bond donors (Lipinski definition) is 3. The average molecular weight is 424 g/mol. The molecule has 2 aromatic carbocycles. The van der Waals surface area contributed by atoms with Gasteiger partial charge in [-0.15, -0.1) is 0 Å². The number of ether oxygens (including phenoxy) is 1. The first-order valence-electron chi connectivity index (χ1n) is 10.6. The van der Waals surface area contributed by atoms with Crippen molar-refractivity contribution in [2.45, 2.75) is 32.1 Å². The van der Waals surface area contributed by atoms with Gasteiger partial charge in [-0.2, -0.15) is 0 Å². The van der Waals surface area contributed by atoms with Crippen molar-refractivity contribution >= 4 is 18.0 Å². The molecule has 0 aromatic heterocycles. The summed E-state index contributed by atoms with van der Waals surface area (Å²) in [5.41, 5.74) is 4.61. The largest absolute Gasteiger partial charge is 0.481 e. The number of amides is 2. The van der Waals surface area contributed by atoms with Crippen molar-refractivity contribution in [3.63, 3.8) is 0 Å². The van der Waals surface area contributed by atoms with E-state index in [1.54, 1.807) is 0 Å². The van der Waals surface area contributed by atoms with E-state index in [1.807, 2.05) is 31.2 Å². The number of carboxylic acids is 1. The Kier molecular flexibility index (Phi) is 7.65. The number of hydrogen-bond acceptors (Lipinski definition) is 4. The summed E-state index contributed by atoms with van der Waals surface area (Å²) < 4.78 is 5.49. The molecule has 0 saturated carbocycles. The van der Waals surface area contributed by atoms with Crippen LogP contribution in [0.1, 0.15) is 43.2 Å². The van der Waals surface area contributed by atoms with E-state index in [9.17, 15) is 14.4 Å². The van der Waals surface area contributed by atoms with Crippen LogP contribution in [0.15, 0.2) is 48.5 Å². The van der Waals surface area contributed by atoms with Crippen LogP contribution in [-0.2, 0) is 14.3 Å². The van der Waals surface area contributed by atoms with E-state index in [2.05, 4.69) is 34.9 Å². The lowest BCUT2D eigenvalue weighted by Gasteiger charge is -2.17. The van der Waals surface area contributed by atoms with E-state index in [0.717, 1.165) is 22.3 Å². The number of nitrogens with one attached hydrogen (secondary N) is 2. The van der Waals surface area contributed by atoms with E-state index in [4.69, 9.17) is 9.84 Å². The molecular formula is C24H28N2O5. The maximum absolute atomic E-state index is 12.3. The Morgan fingerprint density at radius 2 is 1.61 bits per heavy atom. The number of rotatable bonds is 10. The molecule has 0 saturated heterocycles. The molecule has 0 aliphatic heterocycles. The van der Waals surface area contributed by atoms with Crippen molar-refractivity contribution in [3.05, 3.63) is 59.7 Å². The number of carbonyl (C=O) groups is 3. The Hall–Kier alpha value is -3.35. The van der Waals surface area contributed by atoms with Crippen molar-refractivity contribution in [2.75, 3.05) is 19.7 Å². The topological polar surface area (TPSA) is 105 Å². The quantitative estimate of drug-likeness (QED) is 0.506. The van der Waals surface area contributed by atoms with Gasteiger partial charge in [0.25, 0.3) is 0 Å². The molecule has 7 nitrogen and oxygen atoms in total. The van der Waals surface area contributed by atoms with Gasteiger partial charge in [0.05, 0.1) is 5.92 Å². The molecule has 2 amide bonds. The zero-order chi connectivity index (χ0) is 22.2. The smallest absolute Gasteiger partial charge is 0.407 e. The third-order valence-electron chi connectivity index (χ3n) is 5.57. The predicted octanol–water partition coefficient (Wildman–Crippen LogP) is 3.53. The molecule has 0 radical (unpaired) electrons. The molecule has 1 aliphatic rings. The molecule has 1 atom stereocenters. The molecule has 1 aliphatic carbocycles. The number of carboxylic acid groups (broad SMARTS) is 1. The van der Waals surface area contributed by atoms with Crippen LogP contribution in [-0.4, -0.2) is 42.8 Å². The highest BCUT2D eigenvalue weighted by molar-refractivity contribution is 5.80. The van der Waals surface area contributed by atoms with Crippen LogP contribution in [0.3, 0.4) is 0 Å². The van der Waals surface area contributed by atoms with Crippen LogP contribution in [0, 0.1) is 5.92 Å². The number of aliphatic carboxylic acids is 1. The van der Waals surface area contributed by atoms with Crippen molar-refractivity contribution in [1.29, 1.82) is 0 Å². The molecule has 164 valence electrons. The molecule has 7 heteroatoms. The molecule has 31 heavy (non-hydrogen) atoms. The van der Waals surface area contributed by atoms with Crippen molar-refractivity contribution in [2.24, 2.45) is 5.92 Å². The van der Waals surface area contributed by atoms with Crippen molar-refractivity contribution < 1.29 is 24.2 Å². The Bertz CT molecular complexity index is 898. The fourth-order valence-corrected chi connectivity index (χ4v) is 3.87. The lowest BCUT2D eigenvalue weighted by Crippen LogP contribution is -2.39. The number of alkyl carbamates (subject to hydrolysis) is 1. The van der Waals surface area contributed by atoms with E-state index in [1.165, 1.54) is 0 Å². The van der Waals surface area contributed by atoms with E-state index < -0.39 is 18.0 Å². The van der Waals surface area contributed by atoms with Gasteiger partial charge in [-0.05, 0) is 35.1 Å². The highest BCUT2D eigenvalue weighted by Crippen LogP contribution is 2.44. The summed E-state index contributed by atoms with van der Waals surface area (Å²) in [5, 5.41) is 14.0. The first-order chi connectivity index (χ1) is 15.0. The molecule has 1 unspecified atom stereocenters. The van der Waals surface area contributed by atoms with Gasteiger partial charge in [0, 0.05) is 25.4 Å². The normalized spacial score (nSPS) is 13.1. The second-order valence-electron chi connectivity index (χ2n) is 7.60. The average Bonchev–Trinajstić information content (AvgIpc) is 3.09. The van der Waals surface area contributed by atoms with E-state index in [-0.39, 0.29) is 31.4 Å². The van der Waals surface area contributed by atoms with Gasteiger partial charge >= 0.3 is 12.1 Å². The summed E-state index contributed by atoms with van der Waals surface area (Å²) in [4.78, 5) is 35.0. The molecule has 3 rings (SSSR count). The number of carbonyl (C=O) groups excluding carboxylic acids is 2. The molecule has 0 bridgehead atoms. The SMILES string of the molecule is CCC(CNC(=O)OCC1c2ccccc2-c2ccccc21)C(=O)NCCCC(=O)O. The van der Waals surface area contributed by atoms with Gasteiger partial charge in [-0.25, -0.2) is 4.79 Å². The standard InChI is InChI=1S/C24H28N2O5/c1-2-16(23(29)25-13-7-12-22(27)28)14-26-24(30)31-15-21-19-10-5-3-8-17(19)18-9-4-6-11-20(18)21/h3-6,8-11,16,21H,2,7,12-15H2,1H3,(H,25,29)(H,26,30)(H,27,28). The Balaban J connectivity index is 1.49. The van der Waals surface area contributed by atoms with Gasteiger partial charge in [-0.1, -0.05) is 55.5 Å². The fraction of sp³-hybridized carbons (Fsp3) is 0.375. The maximum Gasteiger partial charge on any atom is 0.407 e. The van der Waals surface area contributed by atoms with Gasteiger partial charge in [-0.3, -0.25) is 9.59 Å². The van der Waals surface area contributed by atoms with Crippen LogP contribution >= 0.6 is 0 Å². The van der Waals surface area contributed by atoms with Crippen LogP contribution in [0.5, 0.6) is 0 Å². The highest BCUT2D eigenvalue weighted by atomic mass is 16.5. The van der Waals surface area contributed by atoms with Gasteiger partial charge < -0.3 is 20.5 Å². The van der Waals surface area contributed by atoms with Crippen molar-refractivity contribution in [1.82, 2.24) is 10.6 Å². The summed E-state index contributed by atoms with van der Waals surface area (Å²) >= 11 is 0. The third-order valence-corrected chi connectivity index (χ3v) is 5.57. The van der Waals surface area contributed by atoms with Gasteiger partial charge in [0.1, 0.15) is 6.61 Å². The lowest BCUT2D eigenvalue weighted by atomic mass is 9.98. The highest BCUT2D eigenvalue weighted by Gasteiger charge is 2.29. The Morgan fingerprint density at radius 1 is 1.00 bits per heavy atom. The van der Waals surface area contributed by atoms with Crippen molar-refractivity contribution in [3.8, 4) is 11.1 Å². The predicted molar refractivity (Wildman–Crippen MR) is 117 cm³/mol. The zero-order valence-corrected chi connectivity index (χ0v) is 17.6. The van der Waals surface area contributed by atoms with Crippen LogP contribution in [0.25, 0.3) is 11.1 Å². The zero-order valence-electron chi connectivity index (χ0n) is 17.6. The second kappa shape index (κ2) is 10.6. The number of benzene rings is 2. The monoisotopic (exact) mass is 424 g/mol. The molecule has 3 N–H and O–H groups in total. The van der Waals surface area contributed by atoms with E-state index >= 15 is 0 Å². The summed E-state index contributed by atoms with van der Waals surface area (Å²) in [6.45, 7) is 2.55. The summed E-state index contributed by atoms with van der Waals surface area (Å²) in [5.74, 6) is -1.51. The van der Waals surface area contributed by atoms with Crippen LogP contribution in [0.2, 0.25) is 0 Å². The Labute approximate surface area is 181 Å². The summed E-state index contributed by atoms with van der Waals surface area (Å²) in [6.07, 6.45) is 0.375. The van der Waals surface area contributed by atoms with Crippen LogP contribution in [0.4, 0.5) is 4.79 Å². The minimum Gasteiger partial charge on any atom is -0.481 e. The molecule has 0 heterocycles. The number of fused-ring (bicyclic) bond motifs is 3. The molecular weight excluding hydrogens is 396 g/mol. The molecule has 0 fully saturated rings. The van der Waals surface area contributed by atoms with Gasteiger partial charge in [0.15, 0.2) is 0 Å². The molecule has 0 spiro atoms. The second-order valence-corrected chi connectivity index (χ2v) is 7.60. The maximum atomic E-state index is 12.3. The van der Waals surface area contributed by atoms with E-state index in [0.29, 0.717) is 19.4 Å². The van der Waals surface area contributed by atoms with Gasteiger partial charge in [0.2, 0.25) is 5.91 Å². The fourth-order valence-electron chi connectivity index (χ4n) is 3.87. The third kappa shape index (κ3) is 5.63. The minimum atomic E-state index is -0.891. The Morgan fingerprint density at radius 3 is 2.19 bits per heavy atom. The lowest BCUT2D eigenvalue weighted by molar-refractivity contribution is -0.137. The summed E-state index contributed by atoms with van der Waals surface area (Å²) in [6, 6.07) is 16.3. The first kappa shape index (κ1) is 22.3. The summed E-state index contributed by atoms with van der Waals surface area (Å²) in [7, 11) is 0. The molecule has 2 aromatic rings. The van der Waals surface area contributed by atoms with Crippen LogP contribution < -0.4 is 10.6 Å². The minimum absolute atomic E-state index is 0.00900.